The average molecular weight is 425 g/mol. The van der Waals surface area contributed by atoms with E-state index in [1.165, 1.54) is 0 Å². The second-order valence-electron chi connectivity index (χ2n) is 5.67. The van der Waals surface area contributed by atoms with Crippen molar-refractivity contribution in [2.24, 2.45) is 5.73 Å². The van der Waals surface area contributed by atoms with Gasteiger partial charge in [0.15, 0.2) is 0 Å². The third kappa shape index (κ3) is 3.40. The van der Waals surface area contributed by atoms with E-state index in [2.05, 4.69) is 4.72 Å². The van der Waals surface area contributed by atoms with E-state index < -0.39 is 37.6 Å². The SMILES string of the molecule is NC(=O)c1c(NS(=O)(=O)c2ccc(Cl)c(C(F)(F)F)c2)sc2c1CCC2. The van der Waals surface area contributed by atoms with Gasteiger partial charge in [-0.1, -0.05) is 11.6 Å². The molecule has 3 N–H and O–H groups in total. The lowest BCUT2D eigenvalue weighted by Crippen LogP contribution is -2.18. The summed E-state index contributed by atoms with van der Waals surface area (Å²) in [5.74, 6) is -0.783. The molecule has 11 heteroatoms. The minimum atomic E-state index is -4.80. The average Bonchev–Trinajstić information content (AvgIpc) is 3.05. The van der Waals surface area contributed by atoms with Gasteiger partial charge in [-0.25, -0.2) is 8.42 Å². The fourth-order valence-electron chi connectivity index (χ4n) is 2.81. The number of carbonyl (C=O) groups is 1. The summed E-state index contributed by atoms with van der Waals surface area (Å²) in [7, 11) is -4.36. The Balaban J connectivity index is 2.03. The van der Waals surface area contributed by atoms with Gasteiger partial charge in [0.05, 0.1) is 21.0 Å². The molecule has 0 bridgehead atoms. The highest BCUT2D eigenvalue weighted by Crippen LogP contribution is 2.40. The summed E-state index contributed by atoms with van der Waals surface area (Å²) < 4.78 is 66.1. The number of hydrogen-bond acceptors (Lipinski definition) is 4. The molecular weight excluding hydrogens is 413 g/mol. The van der Waals surface area contributed by atoms with E-state index in [0.717, 1.165) is 34.8 Å². The Hall–Kier alpha value is -1.78. The Morgan fingerprint density at radius 1 is 1.27 bits per heavy atom. The summed E-state index contributed by atoms with van der Waals surface area (Å²) in [5, 5.41) is -0.588. The predicted molar refractivity (Wildman–Crippen MR) is 92.1 cm³/mol. The number of primary amides is 1. The number of amides is 1. The van der Waals surface area contributed by atoms with Gasteiger partial charge >= 0.3 is 6.18 Å². The summed E-state index contributed by atoms with van der Waals surface area (Å²) in [6.45, 7) is 0. The maximum atomic E-state index is 13.0. The molecule has 0 saturated carbocycles. The van der Waals surface area contributed by atoms with Gasteiger partial charge in [-0.15, -0.1) is 11.3 Å². The smallest absolute Gasteiger partial charge is 0.365 e. The fourth-order valence-corrected chi connectivity index (χ4v) is 5.66. The fraction of sp³-hybridized carbons (Fsp3) is 0.267. The number of thiophene rings is 1. The summed E-state index contributed by atoms with van der Waals surface area (Å²) in [6.07, 6.45) is -2.67. The van der Waals surface area contributed by atoms with Crippen molar-refractivity contribution in [3.63, 3.8) is 0 Å². The molecule has 3 rings (SSSR count). The van der Waals surface area contributed by atoms with Crippen LogP contribution in [0.4, 0.5) is 18.2 Å². The van der Waals surface area contributed by atoms with E-state index >= 15 is 0 Å². The third-order valence-corrected chi connectivity index (χ3v) is 6.96. The number of halogens is 4. The first-order chi connectivity index (χ1) is 12.0. The van der Waals surface area contributed by atoms with Gasteiger partial charge in [0.1, 0.15) is 5.00 Å². The molecule has 0 saturated heterocycles. The molecule has 0 fully saturated rings. The minimum Gasteiger partial charge on any atom is -0.365 e. The highest BCUT2D eigenvalue weighted by atomic mass is 35.5. The zero-order chi connectivity index (χ0) is 19.3. The maximum absolute atomic E-state index is 13.0. The maximum Gasteiger partial charge on any atom is 0.417 e. The van der Waals surface area contributed by atoms with E-state index in [1.54, 1.807) is 0 Å². The Labute approximate surface area is 156 Å². The zero-order valence-electron chi connectivity index (χ0n) is 13.0. The molecule has 1 aliphatic carbocycles. The van der Waals surface area contributed by atoms with Crippen LogP contribution in [0.3, 0.4) is 0 Å². The van der Waals surface area contributed by atoms with E-state index in [9.17, 15) is 26.4 Å². The Kier molecular flexibility index (Phi) is 4.70. The molecule has 0 spiro atoms. The molecule has 26 heavy (non-hydrogen) atoms. The first-order valence-corrected chi connectivity index (χ1v) is 10.0. The number of nitrogens with two attached hydrogens (primary N) is 1. The Morgan fingerprint density at radius 2 is 1.96 bits per heavy atom. The van der Waals surface area contributed by atoms with Gasteiger partial charge < -0.3 is 5.73 Å². The first kappa shape index (κ1) is 19.0. The molecule has 1 aromatic carbocycles. The first-order valence-electron chi connectivity index (χ1n) is 7.34. The predicted octanol–water partition coefficient (Wildman–Crippen LogP) is 3.81. The lowest BCUT2D eigenvalue weighted by atomic mass is 10.1. The van der Waals surface area contributed by atoms with Gasteiger partial charge in [0, 0.05) is 4.88 Å². The van der Waals surface area contributed by atoms with Crippen molar-refractivity contribution in [1.29, 1.82) is 0 Å². The van der Waals surface area contributed by atoms with Gasteiger partial charge in [-0.2, -0.15) is 13.2 Å². The largest absolute Gasteiger partial charge is 0.417 e. The number of fused-ring (bicyclic) bond motifs is 1. The van der Waals surface area contributed by atoms with Crippen molar-refractivity contribution in [3.8, 4) is 0 Å². The van der Waals surface area contributed by atoms with Gasteiger partial charge in [-0.3, -0.25) is 9.52 Å². The van der Waals surface area contributed by atoms with Crippen LogP contribution in [0.15, 0.2) is 23.1 Å². The van der Waals surface area contributed by atoms with Crippen LogP contribution in [0, 0.1) is 0 Å². The standard InChI is InChI=1S/C15H12ClF3N2O3S2/c16-10-5-4-7(6-9(10)15(17,18)19)26(23,24)21-14-12(13(20)22)8-2-1-3-11(8)25-14/h4-6,21H,1-3H2,(H2,20,22). The van der Waals surface area contributed by atoms with E-state index in [4.69, 9.17) is 17.3 Å². The van der Waals surface area contributed by atoms with Gasteiger partial charge in [0.2, 0.25) is 0 Å². The number of carbonyl (C=O) groups excluding carboxylic acids is 1. The van der Waals surface area contributed by atoms with Gasteiger partial charge in [0.25, 0.3) is 15.9 Å². The molecule has 2 aromatic rings. The molecule has 0 atom stereocenters. The van der Waals surface area contributed by atoms with Crippen LogP contribution < -0.4 is 10.5 Å². The topological polar surface area (TPSA) is 89.3 Å². The number of hydrogen-bond donors (Lipinski definition) is 2. The van der Waals surface area contributed by atoms with Crippen LogP contribution in [-0.2, 0) is 29.0 Å². The number of aryl methyl sites for hydroxylation is 1. The van der Waals surface area contributed by atoms with Crippen molar-refractivity contribution in [2.75, 3.05) is 4.72 Å². The van der Waals surface area contributed by atoms with Crippen LogP contribution in [0.25, 0.3) is 0 Å². The lowest BCUT2D eigenvalue weighted by Gasteiger charge is -2.12. The number of nitrogens with one attached hydrogen (secondary N) is 1. The molecule has 140 valence electrons. The summed E-state index contributed by atoms with van der Waals surface area (Å²) in [4.78, 5) is 12.0. The molecule has 5 nitrogen and oxygen atoms in total. The van der Waals surface area contributed by atoms with Crippen LogP contribution >= 0.6 is 22.9 Å². The van der Waals surface area contributed by atoms with Crippen molar-refractivity contribution in [2.45, 2.75) is 30.3 Å². The van der Waals surface area contributed by atoms with E-state index in [-0.39, 0.29) is 10.6 Å². The number of anilines is 1. The molecule has 0 radical (unpaired) electrons. The Bertz CT molecular complexity index is 1000. The highest BCUT2D eigenvalue weighted by Gasteiger charge is 2.35. The van der Waals surface area contributed by atoms with Crippen molar-refractivity contribution in [1.82, 2.24) is 0 Å². The summed E-state index contributed by atoms with van der Waals surface area (Å²) in [6, 6.07) is 2.28. The molecule has 1 aromatic heterocycles. The highest BCUT2D eigenvalue weighted by molar-refractivity contribution is 7.93. The third-order valence-electron chi connectivity index (χ3n) is 3.95. The number of benzene rings is 1. The monoisotopic (exact) mass is 424 g/mol. The van der Waals surface area contributed by atoms with Crippen LogP contribution in [-0.4, -0.2) is 14.3 Å². The summed E-state index contributed by atoms with van der Waals surface area (Å²) >= 11 is 6.59. The van der Waals surface area contributed by atoms with Crippen LogP contribution in [0.1, 0.15) is 32.8 Å². The molecular formula is C15H12ClF3N2O3S2. The van der Waals surface area contributed by atoms with Crippen LogP contribution in [0.2, 0.25) is 5.02 Å². The second-order valence-corrected chi connectivity index (χ2v) is 8.87. The zero-order valence-corrected chi connectivity index (χ0v) is 15.4. The van der Waals surface area contributed by atoms with Crippen LogP contribution in [0.5, 0.6) is 0 Å². The minimum absolute atomic E-state index is 0.0192. The van der Waals surface area contributed by atoms with Crippen molar-refractivity contribution in [3.05, 3.63) is 44.8 Å². The van der Waals surface area contributed by atoms with Crippen molar-refractivity contribution < 1.29 is 26.4 Å². The molecule has 0 aliphatic heterocycles. The molecule has 0 unspecified atom stereocenters. The molecule has 1 amide bonds. The number of rotatable bonds is 4. The quantitative estimate of drug-likeness (QED) is 0.782. The summed E-state index contributed by atoms with van der Waals surface area (Å²) in [5.41, 5.74) is 4.88. The Morgan fingerprint density at radius 3 is 2.58 bits per heavy atom. The molecule has 1 heterocycles. The lowest BCUT2D eigenvalue weighted by molar-refractivity contribution is -0.137. The van der Waals surface area contributed by atoms with Crippen molar-refractivity contribution >= 4 is 43.9 Å². The van der Waals surface area contributed by atoms with Gasteiger partial charge in [-0.05, 0) is 43.0 Å². The number of alkyl halides is 3. The number of sulfonamides is 1. The molecule has 1 aliphatic rings. The van der Waals surface area contributed by atoms with E-state index in [1.807, 2.05) is 0 Å². The second kappa shape index (κ2) is 6.43. The normalized spacial score (nSPS) is 14.3. The van der Waals surface area contributed by atoms with E-state index in [0.29, 0.717) is 24.5 Å².